The highest BCUT2D eigenvalue weighted by molar-refractivity contribution is 6.02. The Hall–Kier alpha value is -5.02. The topological polar surface area (TPSA) is 110 Å². The maximum absolute atomic E-state index is 13.0. The Bertz CT molecular complexity index is 1660. The third-order valence-corrected chi connectivity index (χ3v) is 8.10. The van der Waals surface area contributed by atoms with E-state index < -0.39 is 5.91 Å². The summed E-state index contributed by atoms with van der Waals surface area (Å²) in [5.41, 5.74) is 8.11. The first-order chi connectivity index (χ1) is 22.4. The van der Waals surface area contributed by atoms with Crippen LogP contribution in [0.5, 0.6) is 0 Å². The van der Waals surface area contributed by atoms with Crippen LogP contribution in [0.4, 0.5) is 10.5 Å². The Balaban J connectivity index is 1.08. The van der Waals surface area contributed by atoms with Crippen molar-refractivity contribution in [2.24, 2.45) is 0 Å². The molecule has 9 heteroatoms. The SMILES string of the molecule is CCc1cccc(-c2cnc(C(=O)NCCOCCN(CC)C(=O)OCC3c4ccccc4-c4ccccc43)c(NC(C)=O)c2)c1. The zero-order valence-electron chi connectivity index (χ0n) is 26.5. The van der Waals surface area contributed by atoms with Gasteiger partial charge in [0, 0.05) is 44.2 Å². The Kier molecular flexibility index (Phi) is 10.8. The number of carbonyl (C=O) groups is 3. The largest absolute Gasteiger partial charge is 0.448 e. The Labute approximate surface area is 269 Å². The number of likely N-dealkylation sites (N-methyl/N-ethyl adjacent to an activating group) is 1. The lowest BCUT2D eigenvalue weighted by Crippen LogP contribution is -2.35. The van der Waals surface area contributed by atoms with E-state index in [9.17, 15) is 14.4 Å². The van der Waals surface area contributed by atoms with Crippen LogP contribution in [-0.4, -0.2) is 67.2 Å². The van der Waals surface area contributed by atoms with Gasteiger partial charge < -0.3 is 25.0 Å². The van der Waals surface area contributed by atoms with Crippen LogP contribution in [0.15, 0.2) is 85.1 Å². The molecule has 4 aromatic rings. The zero-order chi connectivity index (χ0) is 32.5. The number of hydrogen-bond acceptors (Lipinski definition) is 6. The smallest absolute Gasteiger partial charge is 0.409 e. The zero-order valence-corrected chi connectivity index (χ0v) is 26.5. The summed E-state index contributed by atoms with van der Waals surface area (Å²) in [6, 6.07) is 26.3. The summed E-state index contributed by atoms with van der Waals surface area (Å²) >= 11 is 0. The highest BCUT2D eigenvalue weighted by atomic mass is 16.6. The third-order valence-electron chi connectivity index (χ3n) is 8.10. The van der Waals surface area contributed by atoms with E-state index in [0.717, 1.165) is 17.5 Å². The molecule has 1 aromatic heterocycles. The van der Waals surface area contributed by atoms with Crippen LogP contribution in [-0.2, 0) is 20.7 Å². The number of aromatic nitrogens is 1. The molecule has 46 heavy (non-hydrogen) atoms. The van der Waals surface area contributed by atoms with Crippen LogP contribution >= 0.6 is 0 Å². The lowest BCUT2D eigenvalue weighted by Gasteiger charge is -2.22. The van der Waals surface area contributed by atoms with Crippen LogP contribution < -0.4 is 10.6 Å². The van der Waals surface area contributed by atoms with Gasteiger partial charge in [-0.15, -0.1) is 0 Å². The van der Waals surface area contributed by atoms with Crippen LogP contribution in [0.1, 0.15) is 53.9 Å². The van der Waals surface area contributed by atoms with E-state index >= 15 is 0 Å². The molecule has 9 nitrogen and oxygen atoms in total. The summed E-state index contributed by atoms with van der Waals surface area (Å²) in [6.07, 6.45) is 2.14. The second kappa shape index (κ2) is 15.3. The van der Waals surface area contributed by atoms with E-state index in [1.807, 2.05) is 43.3 Å². The number of hydrogen-bond donors (Lipinski definition) is 2. The van der Waals surface area contributed by atoms with Crippen molar-refractivity contribution in [1.82, 2.24) is 15.2 Å². The van der Waals surface area contributed by atoms with Gasteiger partial charge in [0.25, 0.3) is 5.91 Å². The highest BCUT2D eigenvalue weighted by Gasteiger charge is 2.29. The molecule has 2 N–H and O–H groups in total. The summed E-state index contributed by atoms with van der Waals surface area (Å²) in [7, 11) is 0. The Morgan fingerprint density at radius 2 is 1.59 bits per heavy atom. The number of rotatable bonds is 13. The fourth-order valence-electron chi connectivity index (χ4n) is 5.72. The lowest BCUT2D eigenvalue weighted by molar-refractivity contribution is -0.114. The number of pyridine rings is 1. The molecule has 5 rings (SSSR count). The molecule has 0 spiro atoms. The third kappa shape index (κ3) is 7.61. The average molecular weight is 621 g/mol. The van der Waals surface area contributed by atoms with Crippen molar-refractivity contribution in [2.45, 2.75) is 33.1 Å². The predicted octanol–water partition coefficient (Wildman–Crippen LogP) is 6.29. The number of fused-ring (bicyclic) bond motifs is 3. The number of benzene rings is 3. The maximum Gasteiger partial charge on any atom is 0.409 e. The van der Waals surface area contributed by atoms with Gasteiger partial charge in [0.15, 0.2) is 5.69 Å². The van der Waals surface area contributed by atoms with E-state index in [0.29, 0.717) is 18.8 Å². The second-order valence-corrected chi connectivity index (χ2v) is 11.1. The minimum atomic E-state index is -0.421. The van der Waals surface area contributed by atoms with Crippen LogP contribution in [0.2, 0.25) is 0 Å². The van der Waals surface area contributed by atoms with E-state index in [-0.39, 0.29) is 50.0 Å². The molecule has 0 unspecified atom stereocenters. The summed E-state index contributed by atoms with van der Waals surface area (Å²) < 4.78 is 11.5. The molecule has 0 bridgehead atoms. The summed E-state index contributed by atoms with van der Waals surface area (Å²) in [5, 5.41) is 5.53. The second-order valence-electron chi connectivity index (χ2n) is 11.1. The molecule has 0 saturated carbocycles. The van der Waals surface area contributed by atoms with E-state index in [4.69, 9.17) is 9.47 Å². The van der Waals surface area contributed by atoms with Crippen LogP contribution in [0.3, 0.4) is 0 Å². The predicted molar refractivity (Wildman–Crippen MR) is 179 cm³/mol. The van der Waals surface area contributed by atoms with Gasteiger partial charge in [-0.2, -0.15) is 0 Å². The first-order valence-corrected chi connectivity index (χ1v) is 15.7. The number of anilines is 1. The van der Waals surface area contributed by atoms with E-state index in [1.54, 1.807) is 17.2 Å². The number of aryl methyl sites for hydroxylation is 1. The van der Waals surface area contributed by atoms with Crippen molar-refractivity contribution in [3.05, 3.63) is 107 Å². The van der Waals surface area contributed by atoms with Crippen molar-refractivity contribution in [1.29, 1.82) is 0 Å². The van der Waals surface area contributed by atoms with Crippen molar-refractivity contribution >= 4 is 23.6 Å². The molecule has 0 radical (unpaired) electrons. The van der Waals surface area contributed by atoms with Crippen LogP contribution in [0.25, 0.3) is 22.3 Å². The summed E-state index contributed by atoms with van der Waals surface area (Å²) in [5.74, 6) is -0.718. The molecular formula is C37H40N4O5. The quantitative estimate of drug-likeness (QED) is 0.170. The average Bonchev–Trinajstić information content (AvgIpc) is 3.40. The molecule has 1 heterocycles. The fourth-order valence-corrected chi connectivity index (χ4v) is 5.72. The van der Waals surface area contributed by atoms with Gasteiger partial charge in [0.2, 0.25) is 5.91 Å². The van der Waals surface area contributed by atoms with Gasteiger partial charge in [-0.1, -0.05) is 79.7 Å². The first kappa shape index (κ1) is 32.4. The summed E-state index contributed by atoms with van der Waals surface area (Å²) in [6.45, 7) is 7.23. The molecule has 0 atom stereocenters. The minimum absolute atomic E-state index is 0.000902. The molecule has 0 saturated heterocycles. The molecule has 0 fully saturated rings. The van der Waals surface area contributed by atoms with Gasteiger partial charge in [-0.05, 0) is 52.8 Å². The van der Waals surface area contributed by atoms with Crippen molar-refractivity contribution in [2.75, 3.05) is 44.8 Å². The van der Waals surface area contributed by atoms with Gasteiger partial charge >= 0.3 is 6.09 Å². The molecule has 3 amide bonds. The van der Waals surface area contributed by atoms with Gasteiger partial charge in [0.1, 0.15) is 6.61 Å². The normalized spacial score (nSPS) is 11.8. The molecule has 238 valence electrons. The molecule has 1 aliphatic rings. The number of nitrogens with zero attached hydrogens (tertiary/aromatic N) is 2. The highest BCUT2D eigenvalue weighted by Crippen LogP contribution is 2.44. The summed E-state index contributed by atoms with van der Waals surface area (Å²) in [4.78, 5) is 43.7. The van der Waals surface area contributed by atoms with Crippen LogP contribution in [0, 0.1) is 0 Å². The molecule has 3 aromatic carbocycles. The number of carbonyl (C=O) groups excluding carboxylic acids is 3. The Morgan fingerprint density at radius 1 is 0.870 bits per heavy atom. The standard InChI is InChI=1S/C37H40N4O5/c1-4-26-11-10-12-27(21-26)28-22-34(40-25(3)42)35(39-23-28)36(43)38-17-19-45-20-18-41(5-2)37(44)46-24-33-31-15-8-6-13-29(31)30-14-7-9-16-32(30)33/h6-16,21-23,33H,4-5,17-20,24H2,1-3H3,(H,38,43)(H,40,42). The molecular weight excluding hydrogens is 580 g/mol. The van der Waals surface area contributed by atoms with E-state index in [2.05, 4.69) is 58.9 Å². The van der Waals surface area contributed by atoms with Gasteiger partial charge in [-0.25, -0.2) is 9.78 Å². The van der Waals surface area contributed by atoms with Crippen molar-refractivity contribution in [3.63, 3.8) is 0 Å². The number of nitrogens with one attached hydrogen (secondary N) is 2. The molecule has 1 aliphatic carbocycles. The fraction of sp³-hybridized carbons (Fsp3) is 0.297. The van der Waals surface area contributed by atoms with Gasteiger partial charge in [0.05, 0.1) is 18.9 Å². The van der Waals surface area contributed by atoms with Crippen molar-refractivity contribution in [3.8, 4) is 22.3 Å². The number of ether oxygens (including phenoxy) is 2. The van der Waals surface area contributed by atoms with Crippen molar-refractivity contribution < 1.29 is 23.9 Å². The monoisotopic (exact) mass is 620 g/mol. The Morgan fingerprint density at radius 3 is 2.26 bits per heavy atom. The minimum Gasteiger partial charge on any atom is -0.448 e. The first-order valence-electron chi connectivity index (χ1n) is 15.7. The maximum atomic E-state index is 13.0. The number of amides is 3. The van der Waals surface area contributed by atoms with Gasteiger partial charge in [-0.3, -0.25) is 9.59 Å². The molecule has 0 aliphatic heterocycles. The van der Waals surface area contributed by atoms with E-state index in [1.165, 1.54) is 34.7 Å². The lowest BCUT2D eigenvalue weighted by atomic mass is 9.98.